The fraction of sp³-hybridized carbons (Fsp3) is 0.286. The monoisotopic (exact) mass is 345 g/mol. The Bertz CT molecular complexity index is 830. The molecule has 1 aliphatic carbocycles. The number of nitrogens with one attached hydrogen (secondary N) is 2. The first-order valence-electron chi connectivity index (χ1n) is 9.21. The predicted molar refractivity (Wildman–Crippen MR) is 105 cm³/mol. The highest BCUT2D eigenvalue weighted by atomic mass is 15.1. The Kier molecular flexibility index (Phi) is 5.05. The van der Waals surface area contributed by atoms with Crippen molar-refractivity contribution in [2.45, 2.75) is 38.3 Å². The number of aromatic nitrogens is 3. The van der Waals surface area contributed by atoms with Crippen LogP contribution in [-0.2, 0) is 6.54 Å². The number of nitrogens with zero attached hydrogens (tertiary/aromatic N) is 3. The summed E-state index contributed by atoms with van der Waals surface area (Å²) < 4.78 is 0. The lowest BCUT2D eigenvalue weighted by atomic mass is 10.1. The summed E-state index contributed by atoms with van der Waals surface area (Å²) in [6, 6.07) is 16.8. The normalized spacial score (nSPS) is 14.3. The van der Waals surface area contributed by atoms with E-state index in [1.807, 2.05) is 36.4 Å². The molecule has 0 spiro atoms. The topological polar surface area (TPSA) is 62.7 Å². The number of pyridine rings is 1. The fourth-order valence-electron chi connectivity index (χ4n) is 3.32. The van der Waals surface area contributed by atoms with Crippen molar-refractivity contribution in [1.29, 1.82) is 0 Å². The maximum Gasteiger partial charge on any atom is 0.225 e. The second-order valence-electron chi connectivity index (χ2n) is 6.66. The third kappa shape index (κ3) is 4.17. The van der Waals surface area contributed by atoms with Gasteiger partial charge in [0, 0.05) is 36.6 Å². The molecule has 2 heterocycles. The summed E-state index contributed by atoms with van der Waals surface area (Å²) in [7, 11) is 0. The molecule has 0 radical (unpaired) electrons. The SMILES string of the molecule is c1ccc(-c2cc(NC3CCCC3)nc(NCc3ccncc3)n2)cc1. The van der Waals surface area contributed by atoms with Crippen molar-refractivity contribution >= 4 is 11.8 Å². The first kappa shape index (κ1) is 16.5. The molecule has 1 fully saturated rings. The highest BCUT2D eigenvalue weighted by Gasteiger charge is 2.16. The molecule has 5 heteroatoms. The van der Waals surface area contributed by atoms with Crippen LogP contribution >= 0.6 is 0 Å². The molecule has 4 rings (SSSR count). The first-order chi connectivity index (χ1) is 12.9. The lowest BCUT2D eigenvalue weighted by molar-refractivity contribution is 0.750. The fourth-order valence-corrected chi connectivity index (χ4v) is 3.32. The minimum Gasteiger partial charge on any atom is -0.367 e. The van der Waals surface area contributed by atoms with E-state index < -0.39 is 0 Å². The lowest BCUT2D eigenvalue weighted by Gasteiger charge is -2.15. The van der Waals surface area contributed by atoms with Crippen molar-refractivity contribution in [2.75, 3.05) is 10.6 Å². The number of hydrogen-bond acceptors (Lipinski definition) is 5. The average Bonchev–Trinajstić information content (AvgIpc) is 3.21. The van der Waals surface area contributed by atoms with Gasteiger partial charge in [-0.05, 0) is 30.5 Å². The molecule has 1 aliphatic rings. The second kappa shape index (κ2) is 7.95. The molecule has 5 nitrogen and oxygen atoms in total. The zero-order valence-corrected chi connectivity index (χ0v) is 14.7. The Morgan fingerprint density at radius 2 is 1.69 bits per heavy atom. The van der Waals surface area contributed by atoms with Gasteiger partial charge in [-0.25, -0.2) is 4.98 Å². The van der Waals surface area contributed by atoms with Gasteiger partial charge < -0.3 is 10.6 Å². The molecule has 3 aromatic rings. The van der Waals surface area contributed by atoms with Gasteiger partial charge in [-0.15, -0.1) is 0 Å². The van der Waals surface area contributed by atoms with Gasteiger partial charge in [-0.2, -0.15) is 4.98 Å². The van der Waals surface area contributed by atoms with E-state index in [4.69, 9.17) is 4.98 Å². The van der Waals surface area contributed by atoms with Crippen LogP contribution in [0.4, 0.5) is 11.8 Å². The average molecular weight is 345 g/mol. The van der Waals surface area contributed by atoms with E-state index >= 15 is 0 Å². The predicted octanol–water partition coefficient (Wildman–Crippen LogP) is 4.51. The van der Waals surface area contributed by atoms with E-state index in [1.54, 1.807) is 12.4 Å². The van der Waals surface area contributed by atoms with E-state index in [9.17, 15) is 0 Å². The third-order valence-corrected chi connectivity index (χ3v) is 4.70. The molecule has 26 heavy (non-hydrogen) atoms. The van der Waals surface area contributed by atoms with Crippen molar-refractivity contribution in [3.63, 3.8) is 0 Å². The highest BCUT2D eigenvalue weighted by molar-refractivity contribution is 5.64. The molecule has 0 atom stereocenters. The van der Waals surface area contributed by atoms with Gasteiger partial charge >= 0.3 is 0 Å². The van der Waals surface area contributed by atoms with Crippen LogP contribution in [0.25, 0.3) is 11.3 Å². The maximum absolute atomic E-state index is 4.72. The smallest absolute Gasteiger partial charge is 0.225 e. The number of rotatable bonds is 6. The Morgan fingerprint density at radius 3 is 2.46 bits per heavy atom. The van der Waals surface area contributed by atoms with Crippen LogP contribution in [0.3, 0.4) is 0 Å². The molecule has 2 N–H and O–H groups in total. The van der Waals surface area contributed by atoms with Gasteiger partial charge in [-0.3, -0.25) is 4.98 Å². The standard InChI is InChI=1S/C21H23N5/c1-2-6-17(7-3-1)19-14-20(24-18-8-4-5-9-18)26-21(25-19)23-15-16-10-12-22-13-11-16/h1-3,6-7,10-14,18H,4-5,8-9,15H2,(H2,23,24,25,26). The van der Waals surface area contributed by atoms with Crippen molar-refractivity contribution < 1.29 is 0 Å². The van der Waals surface area contributed by atoms with Crippen molar-refractivity contribution in [1.82, 2.24) is 15.0 Å². The van der Waals surface area contributed by atoms with Gasteiger partial charge in [0.25, 0.3) is 0 Å². The van der Waals surface area contributed by atoms with Crippen LogP contribution in [0, 0.1) is 0 Å². The van der Waals surface area contributed by atoms with E-state index in [2.05, 4.69) is 32.7 Å². The summed E-state index contributed by atoms with van der Waals surface area (Å²) in [5.74, 6) is 1.53. The quantitative estimate of drug-likeness (QED) is 0.688. The number of hydrogen-bond donors (Lipinski definition) is 2. The molecule has 0 unspecified atom stereocenters. The van der Waals surface area contributed by atoms with Gasteiger partial charge in [0.05, 0.1) is 5.69 Å². The van der Waals surface area contributed by atoms with Crippen LogP contribution < -0.4 is 10.6 Å². The molecule has 0 amide bonds. The minimum absolute atomic E-state index is 0.515. The Labute approximate surface area is 153 Å². The minimum atomic E-state index is 0.515. The summed E-state index contributed by atoms with van der Waals surface area (Å²) in [5.41, 5.74) is 3.17. The van der Waals surface area contributed by atoms with Gasteiger partial charge in [0.2, 0.25) is 5.95 Å². The van der Waals surface area contributed by atoms with Crippen molar-refractivity contribution in [3.8, 4) is 11.3 Å². The molecule has 1 aromatic carbocycles. The van der Waals surface area contributed by atoms with E-state index in [1.165, 1.54) is 25.7 Å². The molecule has 0 saturated heterocycles. The molecule has 0 bridgehead atoms. The lowest BCUT2D eigenvalue weighted by Crippen LogP contribution is -2.16. The molecular formula is C21H23N5. The van der Waals surface area contributed by atoms with Crippen molar-refractivity contribution in [3.05, 3.63) is 66.5 Å². The van der Waals surface area contributed by atoms with Crippen LogP contribution in [0.2, 0.25) is 0 Å². The summed E-state index contributed by atoms with van der Waals surface area (Å²) in [6.07, 6.45) is 8.61. The summed E-state index contributed by atoms with van der Waals surface area (Å²) in [6.45, 7) is 0.670. The van der Waals surface area contributed by atoms with Crippen LogP contribution in [0.5, 0.6) is 0 Å². The van der Waals surface area contributed by atoms with Crippen LogP contribution in [0.15, 0.2) is 60.9 Å². The summed E-state index contributed by atoms with van der Waals surface area (Å²) in [5, 5.41) is 6.93. The zero-order chi connectivity index (χ0) is 17.6. The van der Waals surface area contributed by atoms with E-state index in [0.29, 0.717) is 18.5 Å². The second-order valence-corrected chi connectivity index (χ2v) is 6.66. The maximum atomic E-state index is 4.72. The van der Waals surface area contributed by atoms with Crippen LogP contribution in [0.1, 0.15) is 31.2 Å². The largest absolute Gasteiger partial charge is 0.367 e. The summed E-state index contributed by atoms with van der Waals surface area (Å²) >= 11 is 0. The highest BCUT2D eigenvalue weighted by Crippen LogP contribution is 2.25. The molecule has 132 valence electrons. The van der Waals surface area contributed by atoms with Crippen molar-refractivity contribution in [2.24, 2.45) is 0 Å². The van der Waals surface area contributed by atoms with Gasteiger partial charge in [-0.1, -0.05) is 43.2 Å². The summed E-state index contributed by atoms with van der Waals surface area (Å²) in [4.78, 5) is 13.5. The Hall–Kier alpha value is -2.95. The Morgan fingerprint density at radius 1 is 0.923 bits per heavy atom. The Balaban J connectivity index is 1.58. The van der Waals surface area contributed by atoms with Gasteiger partial charge in [0.1, 0.15) is 5.82 Å². The van der Waals surface area contributed by atoms with Gasteiger partial charge in [0.15, 0.2) is 0 Å². The third-order valence-electron chi connectivity index (χ3n) is 4.70. The first-order valence-corrected chi connectivity index (χ1v) is 9.21. The molecular weight excluding hydrogens is 322 g/mol. The number of anilines is 2. The molecule has 2 aromatic heterocycles. The van der Waals surface area contributed by atoms with E-state index in [0.717, 1.165) is 22.6 Å². The number of benzene rings is 1. The van der Waals surface area contributed by atoms with E-state index in [-0.39, 0.29) is 0 Å². The van der Waals surface area contributed by atoms with Crippen LogP contribution in [-0.4, -0.2) is 21.0 Å². The molecule has 0 aliphatic heterocycles. The zero-order valence-electron chi connectivity index (χ0n) is 14.7. The molecule has 1 saturated carbocycles.